The zero-order chi connectivity index (χ0) is 15.4. The molecule has 0 aliphatic carbocycles. The minimum atomic E-state index is -0.177. The molecule has 0 aliphatic rings. The monoisotopic (exact) mass is 288 g/mol. The van der Waals surface area contributed by atoms with E-state index in [9.17, 15) is 0 Å². The molecule has 0 bridgehead atoms. The third kappa shape index (κ3) is 2.42. The van der Waals surface area contributed by atoms with Crippen LogP contribution >= 0.6 is 0 Å². The average Bonchev–Trinajstić information content (AvgIpc) is 2.60. The van der Waals surface area contributed by atoms with Crippen LogP contribution < -0.4 is 5.73 Å². The first-order valence-corrected chi connectivity index (χ1v) is 7.85. The van der Waals surface area contributed by atoms with Crippen molar-refractivity contribution in [3.8, 4) is 0 Å². The zero-order valence-corrected chi connectivity index (χ0v) is 12.8. The van der Waals surface area contributed by atoms with Crippen molar-refractivity contribution in [2.75, 3.05) is 6.54 Å². The van der Waals surface area contributed by atoms with Gasteiger partial charge in [-0.2, -0.15) is 0 Å². The quantitative estimate of drug-likeness (QED) is 0.723. The van der Waals surface area contributed by atoms with E-state index in [2.05, 4.69) is 79.7 Å². The van der Waals surface area contributed by atoms with Crippen LogP contribution in [0.3, 0.4) is 0 Å². The van der Waals surface area contributed by atoms with Crippen LogP contribution in [0.5, 0.6) is 0 Å². The maximum atomic E-state index is 6.32. The van der Waals surface area contributed by atoms with Crippen LogP contribution in [0.1, 0.15) is 24.0 Å². The van der Waals surface area contributed by atoms with E-state index in [0.717, 1.165) is 12.8 Å². The van der Waals surface area contributed by atoms with Gasteiger partial charge in [-0.3, -0.25) is 0 Å². The van der Waals surface area contributed by atoms with Crippen molar-refractivity contribution < 1.29 is 0 Å². The Morgan fingerprint density at radius 3 is 2.23 bits per heavy atom. The third-order valence-electron chi connectivity index (χ3n) is 4.58. The molecule has 0 fully saturated rings. The van der Waals surface area contributed by atoms with Gasteiger partial charge in [0, 0.05) is 12.0 Å². The van der Waals surface area contributed by atoms with Gasteiger partial charge in [-0.05, 0) is 28.3 Å². The number of rotatable bonds is 5. The first kappa shape index (κ1) is 14.8. The van der Waals surface area contributed by atoms with Crippen molar-refractivity contribution in [1.29, 1.82) is 0 Å². The van der Waals surface area contributed by atoms with E-state index in [1.54, 1.807) is 0 Å². The van der Waals surface area contributed by atoms with E-state index in [0.29, 0.717) is 6.54 Å². The second-order valence-corrected chi connectivity index (χ2v) is 5.78. The lowest BCUT2D eigenvalue weighted by Gasteiger charge is -2.35. The Hall–Kier alpha value is -2.12. The van der Waals surface area contributed by atoms with E-state index < -0.39 is 0 Å². The summed E-state index contributed by atoms with van der Waals surface area (Å²) in [5.41, 5.74) is 8.73. The highest BCUT2D eigenvalue weighted by molar-refractivity contribution is 5.87. The van der Waals surface area contributed by atoms with Gasteiger partial charge in [-0.1, -0.05) is 86.1 Å². The normalized spacial score (nSPS) is 13.9. The summed E-state index contributed by atoms with van der Waals surface area (Å²) in [6.07, 6.45) is 1.80. The van der Waals surface area contributed by atoms with Crippen LogP contribution in [0.25, 0.3) is 10.8 Å². The van der Waals surface area contributed by atoms with Gasteiger partial charge in [-0.15, -0.1) is 0 Å². The van der Waals surface area contributed by atoms with Crippen LogP contribution in [-0.4, -0.2) is 6.54 Å². The van der Waals surface area contributed by atoms with E-state index >= 15 is 0 Å². The minimum Gasteiger partial charge on any atom is -0.329 e. The molecule has 0 saturated heterocycles. The van der Waals surface area contributed by atoms with Gasteiger partial charge in [0.2, 0.25) is 0 Å². The average molecular weight is 288 g/mol. The first-order valence-electron chi connectivity index (χ1n) is 7.85. The first-order chi connectivity index (χ1) is 10.8. The Morgan fingerprint density at radius 1 is 0.818 bits per heavy atom. The number of hydrogen-bond acceptors (Lipinski definition) is 1. The van der Waals surface area contributed by atoms with Crippen molar-refractivity contribution >= 4 is 10.8 Å². The Labute approximate surface area is 132 Å². The molecule has 1 radical (unpaired) electrons. The molecule has 111 valence electrons. The molecule has 2 N–H and O–H groups in total. The van der Waals surface area contributed by atoms with Gasteiger partial charge in [0.15, 0.2) is 0 Å². The fraction of sp³-hybridized carbons (Fsp3) is 0.190. The van der Waals surface area contributed by atoms with Gasteiger partial charge in [0.05, 0.1) is 0 Å². The Morgan fingerprint density at radius 2 is 1.50 bits per heavy atom. The zero-order valence-electron chi connectivity index (χ0n) is 12.8. The fourth-order valence-electron chi connectivity index (χ4n) is 3.47. The topological polar surface area (TPSA) is 26.0 Å². The van der Waals surface area contributed by atoms with Crippen LogP contribution in [-0.2, 0) is 5.41 Å². The van der Waals surface area contributed by atoms with Gasteiger partial charge in [-0.25, -0.2) is 0 Å². The molecule has 1 unspecified atom stereocenters. The second kappa shape index (κ2) is 6.33. The molecule has 0 aromatic heterocycles. The predicted octanol–water partition coefficient (Wildman–Crippen LogP) is 4.70. The lowest BCUT2D eigenvalue weighted by Crippen LogP contribution is -2.36. The van der Waals surface area contributed by atoms with E-state index in [1.807, 2.05) is 0 Å². The summed E-state index contributed by atoms with van der Waals surface area (Å²) >= 11 is 0. The van der Waals surface area contributed by atoms with Gasteiger partial charge >= 0.3 is 0 Å². The largest absolute Gasteiger partial charge is 0.329 e. The Bertz CT molecular complexity index is 743. The molecular formula is C21H22N. The van der Waals surface area contributed by atoms with Gasteiger partial charge in [0.1, 0.15) is 0 Å². The third-order valence-corrected chi connectivity index (χ3v) is 4.58. The molecule has 0 saturated carbocycles. The molecule has 22 heavy (non-hydrogen) atoms. The summed E-state index contributed by atoms with van der Waals surface area (Å²) in [7, 11) is 0. The molecule has 0 aliphatic heterocycles. The predicted molar refractivity (Wildman–Crippen MR) is 94.8 cm³/mol. The lowest BCUT2D eigenvalue weighted by molar-refractivity contribution is 0.490. The van der Waals surface area contributed by atoms with Gasteiger partial charge in [0.25, 0.3) is 0 Å². The van der Waals surface area contributed by atoms with Crippen LogP contribution in [0, 0.1) is 6.92 Å². The van der Waals surface area contributed by atoms with Crippen LogP contribution in [0.15, 0.2) is 72.8 Å². The smallest absolute Gasteiger partial charge is 0.0331 e. The highest BCUT2D eigenvalue weighted by Gasteiger charge is 2.33. The summed E-state index contributed by atoms with van der Waals surface area (Å²) in [5.74, 6) is 0. The molecule has 1 nitrogen and oxygen atoms in total. The maximum Gasteiger partial charge on any atom is 0.0331 e. The number of hydrogen-bond donors (Lipinski definition) is 1. The van der Waals surface area contributed by atoms with E-state index in [4.69, 9.17) is 5.73 Å². The summed E-state index contributed by atoms with van der Waals surface area (Å²) in [6.45, 7) is 4.68. The highest BCUT2D eigenvalue weighted by atomic mass is 14.6. The minimum absolute atomic E-state index is 0.177. The van der Waals surface area contributed by atoms with Crippen LogP contribution in [0.4, 0.5) is 0 Å². The Balaban J connectivity index is 2.29. The molecule has 0 spiro atoms. The number of benzene rings is 3. The van der Waals surface area contributed by atoms with Crippen molar-refractivity contribution in [3.05, 3.63) is 90.8 Å². The number of fused-ring (bicyclic) bond motifs is 1. The SMILES string of the molecule is [CH2]CCC(CN)(c1ccccc1)c1cccc2ccccc12. The van der Waals surface area contributed by atoms with Gasteiger partial charge < -0.3 is 5.73 Å². The van der Waals surface area contributed by atoms with E-state index in [1.165, 1.54) is 21.9 Å². The van der Waals surface area contributed by atoms with Crippen molar-refractivity contribution in [2.24, 2.45) is 5.73 Å². The molecule has 3 rings (SSSR count). The fourth-order valence-corrected chi connectivity index (χ4v) is 3.47. The molecule has 0 heterocycles. The molecule has 1 atom stereocenters. The molecule has 1 heteroatoms. The summed E-state index contributed by atoms with van der Waals surface area (Å²) in [4.78, 5) is 0. The lowest BCUT2D eigenvalue weighted by atomic mass is 9.70. The molecule has 3 aromatic rings. The van der Waals surface area contributed by atoms with Crippen molar-refractivity contribution in [1.82, 2.24) is 0 Å². The van der Waals surface area contributed by atoms with Crippen LogP contribution in [0.2, 0.25) is 0 Å². The standard InChI is InChI=1S/C21H22N/c1-2-15-21(16-22,18-11-4-3-5-12-18)20-14-8-10-17-9-6-7-13-19(17)20/h3-14H,1-2,15-16,22H2. The van der Waals surface area contributed by atoms with Crippen molar-refractivity contribution in [3.63, 3.8) is 0 Å². The molecule has 3 aromatic carbocycles. The molecule has 0 amide bonds. The molecular weight excluding hydrogens is 266 g/mol. The summed E-state index contributed by atoms with van der Waals surface area (Å²) < 4.78 is 0. The van der Waals surface area contributed by atoms with Crippen molar-refractivity contribution in [2.45, 2.75) is 18.3 Å². The Kier molecular flexibility index (Phi) is 4.26. The summed E-state index contributed by atoms with van der Waals surface area (Å²) in [5, 5.41) is 2.55. The highest BCUT2D eigenvalue weighted by Crippen LogP contribution is 2.39. The van der Waals surface area contributed by atoms with E-state index in [-0.39, 0.29) is 5.41 Å². The summed E-state index contributed by atoms with van der Waals surface area (Å²) in [6, 6.07) is 25.7. The maximum absolute atomic E-state index is 6.32. The number of nitrogens with two attached hydrogens (primary N) is 1. The second-order valence-electron chi connectivity index (χ2n) is 5.78.